The number of rotatable bonds is 2. The second-order valence-electron chi connectivity index (χ2n) is 4.08. The number of carboxylic acid groups (broad SMARTS) is 1. The van der Waals surface area contributed by atoms with Gasteiger partial charge in [0.2, 0.25) is 0 Å². The zero-order valence-corrected chi connectivity index (χ0v) is 10.00. The van der Waals surface area contributed by atoms with Gasteiger partial charge < -0.3 is 14.6 Å². The Hall–Kier alpha value is -2.56. The van der Waals surface area contributed by atoms with Crippen molar-refractivity contribution >= 4 is 5.97 Å². The SMILES string of the molecule is O=C(O)c1ccncc1-c1ccc2c(c1)OCCO2. The highest BCUT2D eigenvalue weighted by Gasteiger charge is 2.16. The summed E-state index contributed by atoms with van der Waals surface area (Å²) in [5, 5.41) is 9.18. The maximum absolute atomic E-state index is 11.2. The van der Waals surface area contributed by atoms with Crippen molar-refractivity contribution in [2.45, 2.75) is 0 Å². The third-order valence-corrected chi connectivity index (χ3v) is 2.90. The van der Waals surface area contributed by atoms with Crippen molar-refractivity contribution in [2.75, 3.05) is 13.2 Å². The first kappa shape index (κ1) is 11.5. The Balaban J connectivity index is 2.10. The third kappa shape index (κ3) is 2.10. The van der Waals surface area contributed by atoms with E-state index in [0.29, 0.717) is 30.3 Å². The summed E-state index contributed by atoms with van der Waals surface area (Å²) in [4.78, 5) is 15.2. The van der Waals surface area contributed by atoms with E-state index in [9.17, 15) is 9.90 Å². The van der Waals surface area contributed by atoms with E-state index in [-0.39, 0.29) is 5.56 Å². The molecule has 1 N–H and O–H groups in total. The summed E-state index contributed by atoms with van der Waals surface area (Å²) in [5.41, 5.74) is 1.52. The minimum atomic E-state index is -0.979. The van der Waals surface area contributed by atoms with Gasteiger partial charge >= 0.3 is 5.97 Å². The van der Waals surface area contributed by atoms with Crippen LogP contribution < -0.4 is 9.47 Å². The molecule has 5 heteroatoms. The molecule has 1 aromatic heterocycles. The number of carboxylic acids is 1. The molecule has 1 aliphatic rings. The number of nitrogens with zero attached hydrogens (tertiary/aromatic N) is 1. The van der Waals surface area contributed by atoms with Gasteiger partial charge in [-0.15, -0.1) is 0 Å². The number of aromatic nitrogens is 1. The Morgan fingerprint density at radius 3 is 2.74 bits per heavy atom. The van der Waals surface area contributed by atoms with Crippen molar-refractivity contribution in [2.24, 2.45) is 0 Å². The number of fused-ring (bicyclic) bond motifs is 1. The van der Waals surface area contributed by atoms with Crippen molar-refractivity contribution in [1.82, 2.24) is 4.98 Å². The molecule has 0 fully saturated rings. The first-order valence-corrected chi connectivity index (χ1v) is 5.83. The van der Waals surface area contributed by atoms with E-state index in [1.807, 2.05) is 0 Å². The molecule has 0 spiro atoms. The van der Waals surface area contributed by atoms with Gasteiger partial charge in [0.15, 0.2) is 11.5 Å². The standard InChI is InChI=1S/C14H11NO4/c16-14(17)10-3-4-15-8-11(10)9-1-2-12-13(7-9)19-6-5-18-12/h1-4,7-8H,5-6H2,(H,16,17). The molecule has 0 radical (unpaired) electrons. The first-order valence-electron chi connectivity index (χ1n) is 5.83. The van der Waals surface area contributed by atoms with Crippen LogP contribution in [0.15, 0.2) is 36.7 Å². The van der Waals surface area contributed by atoms with Gasteiger partial charge in [-0.3, -0.25) is 4.98 Å². The summed E-state index contributed by atoms with van der Waals surface area (Å²) in [6.45, 7) is 1.02. The number of hydrogen-bond acceptors (Lipinski definition) is 4. The molecule has 2 heterocycles. The molecule has 96 valence electrons. The van der Waals surface area contributed by atoms with Crippen LogP contribution in [0.1, 0.15) is 10.4 Å². The highest BCUT2D eigenvalue weighted by Crippen LogP contribution is 2.35. The van der Waals surface area contributed by atoms with E-state index in [2.05, 4.69) is 4.98 Å². The molecule has 0 unspecified atom stereocenters. The zero-order chi connectivity index (χ0) is 13.2. The molecule has 1 aliphatic heterocycles. The Morgan fingerprint density at radius 1 is 1.16 bits per heavy atom. The molecular weight excluding hydrogens is 246 g/mol. The lowest BCUT2D eigenvalue weighted by molar-refractivity contribution is 0.0697. The second kappa shape index (κ2) is 4.61. The van der Waals surface area contributed by atoms with Crippen LogP contribution in [0.2, 0.25) is 0 Å². The molecule has 0 saturated carbocycles. The normalized spacial score (nSPS) is 13.1. The van der Waals surface area contributed by atoms with Crippen LogP contribution in [-0.4, -0.2) is 29.3 Å². The number of hydrogen-bond donors (Lipinski definition) is 1. The molecule has 0 bridgehead atoms. The van der Waals surface area contributed by atoms with Gasteiger partial charge in [-0.2, -0.15) is 0 Å². The Kier molecular flexibility index (Phi) is 2.79. The molecule has 3 rings (SSSR count). The Labute approximate surface area is 109 Å². The fourth-order valence-corrected chi connectivity index (χ4v) is 2.02. The van der Waals surface area contributed by atoms with Gasteiger partial charge in [0.25, 0.3) is 0 Å². The summed E-state index contributed by atoms with van der Waals surface area (Å²) < 4.78 is 10.9. The number of benzene rings is 1. The van der Waals surface area contributed by atoms with E-state index < -0.39 is 5.97 Å². The van der Waals surface area contributed by atoms with E-state index in [4.69, 9.17) is 9.47 Å². The van der Waals surface area contributed by atoms with Crippen LogP contribution in [0, 0.1) is 0 Å². The summed E-state index contributed by atoms with van der Waals surface area (Å²) in [7, 11) is 0. The Morgan fingerprint density at radius 2 is 1.95 bits per heavy atom. The lowest BCUT2D eigenvalue weighted by atomic mass is 10.0. The van der Waals surface area contributed by atoms with Crippen LogP contribution in [0.5, 0.6) is 11.5 Å². The maximum atomic E-state index is 11.2. The van der Waals surface area contributed by atoms with Crippen LogP contribution >= 0.6 is 0 Å². The van der Waals surface area contributed by atoms with E-state index >= 15 is 0 Å². The van der Waals surface area contributed by atoms with Gasteiger partial charge in [0, 0.05) is 18.0 Å². The topological polar surface area (TPSA) is 68.7 Å². The summed E-state index contributed by atoms with van der Waals surface area (Å²) >= 11 is 0. The fraction of sp³-hybridized carbons (Fsp3) is 0.143. The average Bonchev–Trinajstić information content (AvgIpc) is 2.46. The van der Waals surface area contributed by atoms with Crippen molar-refractivity contribution in [3.05, 3.63) is 42.2 Å². The number of aromatic carboxylic acids is 1. The lowest BCUT2D eigenvalue weighted by Gasteiger charge is -2.19. The summed E-state index contributed by atoms with van der Waals surface area (Å²) in [6, 6.07) is 6.84. The van der Waals surface area contributed by atoms with Crippen molar-refractivity contribution < 1.29 is 19.4 Å². The van der Waals surface area contributed by atoms with Gasteiger partial charge in [0.1, 0.15) is 13.2 Å². The minimum Gasteiger partial charge on any atom is -0.486 e. The quantitative estimate of drug-likeness (QED) is 0.893. The average molecular weight is 257 g/mol. The monoisotopic (exact) mass is 257 g/mol. The van der Waals surface area contributed by atoms with Crippen LogP contribution in [0.4, 0.5) is 0 Å². The molecular formula is C14H11NO4. The smallest absolute Gasteiger partial charge is 0.336 e. The molecule has 2 aromatic rings. The highest BCUT2D eigenvalue weighted by molar-refractivity contribution is 5.95. The van der Waals surface area contributed by atoms with Crippen LogP contribution in [0.25, 0.3) is 11.1 Å². The van der Waals surface area contributed by atoms with E-state index in [1.165, 1.54) is 18.5 Å². The van der Waals surface area contributed by atoms with E-state index in [0.717, 1.165) is 5.56 Å². The molecule has 0 saturated heterocycles. The molecule has 0 amide bonds. The molecule has 5 nitrogen and oxygen atoms in total. The first-order chi connectivity index (χ1) is 9.25. The predicted molar refractivity (Wildman–Crippen MR) is 67.6 cm³/mol. The number of ether oxygens (including phenoxy) is 2. The second-order valence-corrected chi connectivity index (χ2v) is 4.08. The van der Waals surface area contributed by atoms with Crippen molar-refractivity contribution in [1.29, 1.82) is 0 Å². The van der Waals surface area contributed by atoms with E-state index in [1.54, 1.807) is 18.2 Å². The highest BCUT2D eigenvalue weighted by atomic mass is 16.6. The zero-order valence-electron chi connectivity index (χ0n) is 10.00. The number of carbonyl (C=O) groups is 1. The lowest BCUT2D eigenvalue weighted by Crippen LogP contribution is -2.15. The number of pyridine rings is 1. The third-order valence-electron chi connectivity index (χ3n) is 2.90. The van der Waals surface area contributed by atoms with Gasteiger partial charge in [-0.05, 0) is 23.8 Å². The fourth-order valence-electron chi connectivity index (χ4n) is 2.02. The predicted octanol–water partition coefficient (Wildman–Crippen LogP) is 2.22. The molecule has 0 aliphatic carbocycles. The molecule has 1 aromatic carbocycles. The minimum absolute atomic E-state index is 0.215. The molecule has 19 heavy (non-hydrogen) atoms. The van der Waals surface area contributed by atoms with Crippen molar-refractivity contribution in [3.8, 4) is 22.6 Å². The largest absolute Gasteiger partial charge is 0.486 e. The van der Waals surface area contributed by atoms with Gasteiger partial charge in [-0.1, -0.05) is 6.07 Å². The maximum Gasteiger partial charge on any atom is 0.336 e. The van der Waals surface area contributed by atoms with Gasteiger partial charge in [-0.25, -0.2) is 4.79 Å². The summed E-state index contributed by atoms with van der Waals surface area (Å²) in [5.74, 6) is 0.326. The van der Waals surface area contributed by atoms with Crippen LogP contribution in [-0.2, 0) is 0 Å². The van der Waals surface area contributed by atoms with Crippen LogP contribution in [0.3, 0.4) is 0 Å². The Bertz CT molecular complexity index is 639. The molecule has 0 atom stereocenters. The van der Waals surface area contributed by atoms with Gasteiger partial charge in [0.05, 0.1) is 5.56 Å². The summed E-state index contributed by atoms with van der Waals surface area (Å²) in [6.07, 6.45) is 3.00. The van der Waals surface area contributed by atoms with Crippen molar-refractivity contribution in [3.63, 3.8) is 0 Å².